The number of halogens is 1. The normalized spacial score (nSPS) is 16.8. The molecule has 2 unspecified atom stereocenters. The lowest BCUT2D eigenvalue weighted by Gasteiger charge is -2.25. The molecule has 3 aromatic rings. The van der Waals surface area contributed by atoms with Gasteiger partial charge in [0.15, 0.2) is 0 Å². The molecule has 1 fully saturated rings. The molecule has 0 saturated carbocycles. The van der Waals surface area contributed by atoms with Gasteiger partial charge in [0.05, 0.1) is 11.7 Å². The van der Waals surface area contributed by atoms with Gasteiger partial charge >= 0.3 is 0 Å². The number of nitrogens with zero attached hydrogens (tertiary/aromatic N) is 1. The van der Waals surface area contributed by atoms with Crippen molar-refractivity contribution in [2.75, 3.05) is 16.0 Å². The number of carbonyl (C=O) groups excluding carboxylic acids is 2. The van der Waals surface area contributed by atoms with Crippen LogP contribution >= 0.6 is 11.8 Å². The number of carbonyl (C=O) groups is 2. The molecule has 1 aliphatic heterocycles. The van der Waals surface area contributed by atoms with Crippen LogP contribution in [0.1, 0.15) is 41.3 Å². The van der Waals surface area contributed by atoms with Gasteiger partial charge in [0.1, 0.15) is 11.2 Å². The Morgan fingerprint density at radius 2 is 1.84 bits per heavy atom. The summed E-state index contributed by atoms with van der Waals surface area (Å²) in [5.41, 5.74) is 3.72. The summed E-state index contributed by atoms with van der Waals surface area (Å²) in [5.74, 6) is -0.296. The van der Waals surface area contributed by atoms with Crippen LogP contribution in [0.3, 0.4) is 0 Å². The van der Waals surface area contributed by atoms with E-state index in [0.29, 0.717) is 29.1 Å². The maximum Gasteiger partial charge on any atom is 0.238 e. The highest BCUT2D eigenvalue weighted by atomic mass is 32.2. The number of hydrogen-bond acceptors (Lipinski definition) is 3. The van der Waals surface area contributed by atoms with Crippen molar-refractivity contribution in [3.8, 4) is 0 Å². The summed E-state index contributed by atoms with van der Waals surface area (Å²) in [5, 5.41) is 2.76. The Hall–Kier alpha value is -3.12. The van der Waals surface area contributed by atoms with Crippen LogP contribution < -0.4 is 10.2 Å². The molecule has 0 aliphatic carbocycles. The first-order valence-electron chi connectivity index (χ1n) is 10.6. The van der Waals surface area contributed by atoms with Crippen LogP contribution in [-0.2, 0) is 9.59 Å². The fourth-order valence-electron chi connectivity index (χ4n) is 3.90. The van der Waals surface area contributed by atoms with E-state index in [1.807, 2.05) is 61.5 Å². The van der Waals surface area contributed by atoms with Crippen molar-refractivity contribution >= 4 is 35.0 Å². The monoisotopic (exact) mass is 448 g/mol. The van der Waals surface area contributed by atoms with Crippen LogP contribution in [0.15, 0.2) is 72.8 Å². The number of amides is 2. The van der Waals surface area contributed by atoms with Gasteiger partial charge in [0, 0.05) is 11.4 Å². The average Bonchev–Trinajstić information content (AvgIpc) is 3.19. The number of hydrogen-bond donors (Lipinski definition) is 1. The lowest BCUT2D eigenvalue weighted by molar-refractivity contribution is -0.118. The molecule has 0 radical (unpaired) electrons. The van der Waals surface area contributed by atoms with Crippen molar-refractivity contribution in [3.05, 3.63) is 95.3 Å². The fraction of sp³-hybridized carbons (Fsp3) is 0.231. The molecule has 2 amide bonds. The van der Waals surface area contributed by atoms with E-state index in [0.717, 1.165) is 11.1 Å². The molecular weight excluding hydrogens is 423 g/mol. The van der Waals surface area contributed by atoms with Crippen molar-refractivity contribution < 1.29 is 14.0 Å². The van der Waals surface area contributed by atoms with Gasteiger partial charge in [-0.1, -0.05) is 55.5 Å². The third-order valence-electron chi connectivity index (χ3n) is 5.69. The first-order chi connectivity index (χ1) is 15.5. The van der Waals surface area contributed by atoms with E-state index in [-0.39, 0.29) is 28.9 Å². The van der Waals surface area contributed by atoms with E-state index in [2.05, 4.69) is 5.32 Å². The van der Waals surface area contributed by atoms with Crippen LogP contribution in [0.5, 0.6) is 0 Å². The minimum atomic E-state index is -0.326. The third kappa shape index (κ3) is 4.55. The van der Waals surface area contributed by atoms with Crippen LogP contribution in [0.2, 0.25) is 0 Å². The summed E-state index contributed by atoms with van der Waals surface area (Å²) < 4.78 is 14.1. The van der Waals surface area contributed by atoms with Gasteiger partial charge in [-0.3, -0.25) is 14.5 Å². The molecule has 1 heterocycles. The molecule has 4 rings (SSSR count). The number of benzene rings is 3. The summed E-state index contributed by atoms with van der Waals surface area (Å²) in [4.78, 5) is 27.0. The first kappa shape index (κ1) is 22.1. The van der Waals surface area contributed by atoms with Crippen molar-refractivity contribution in [1.29, 1.82) is 0 Å². The smallest absolute Gasteiger partial charge is 0.238 e. The van der Waals surface area contributed by atoms with Gasteiger partial charge in [-0.2, -0.15) is 0 Å². The summed E-state index contributed by atoms with van der Waals surface area (Å²) >= 11 is 1.51. The molecule has 164 valence electrons. The number of nitrogens with one attached hydrogen (secondary N) is 1. The van der Waals surface area contributed by atoms with Crippen molar-refractivity contribution in [3.63, 3.8) is 0 Å². The lowest BCUT2D eigenvalue weighted by atomic mass is 9.95. The molecule has 32 heavy (non-hydrogen) atoms. The zero-order valence-corrected chi connectivity index (χ0v) is 18.9. The van der Waals surface area contributed by atoms with Gasteiger partial charge < -0.3 is 5.32 Å². The molecular formula is C26H25FN2O2S. The summed E-state index contributed by atoms with van der Waals surface area (Å²) in [6.07, 6.45) is 0.705. The Kier molecular flexibility index (Phi) is 6.61. The second kappa shape index (κ2) is 9.57. The van der Waals surface area contributed by atoms with Gasteiger partial charge in [0.2, 0.25) is 11.8 Å². The van der Waals surface area contributed by atoms with E-state index in [1.54, 1.807) is 24.0 Å². The van der Waals surface area contributed by atoms with Crippen molar-refractivity contribution in [1.82, 2.24) is 0 Å². The highest BCUT2D eigenvalue weighted by molar-refractivity contribution is 8.00. The Bertz CT molecular complexity index is 1120. The zero-order chi connectivity index (χ0) is 22.7. The third-order valence-corrected chi connectivity index (χ3v) is 6.90. The molecule has 3 aromatic carbocycles. The van der Waals surface area contributed by atoms with Gasteiger partial charge in [-0.05, 0) is 54.3 Å². The molecule has 0 aromatic heterocycles. The summed E-state index contributed by atoms with van der Waals surface area (Å²) in [7, 11) is 0. The van der Waals surface area contributed by atoms with Crippen molar-refractivity contribution in [2.24, 2.45) is 0 Å². The lowest BCUT2D eigenvalue weighted by Crippen LogP contribution is -2.28. The molecule has 0 spiro atoms. The minimum Gasteiger partial charge on any atom is -0.326 e. The average molecular weight is 449 g/mol. The van der Waals surface area contributed by atoms with Crippen molar-refractivity contribution in [2.45, 2.75) is 31.6 Å². The Morgan fingerprint density at radius 3 is 2.50 bits per heavy atom. The quantitative estimate of drug-likeness (QED) is 0.500. The van der Waals surface area contributed by atoms with Crippen LogP contribution in [-0.4, -0.2) is 17.6 Å². The van der Waals surface area contributed by atoms with Gasteiger partial charge in [-0.15, -0.1) is 11.8 Å². The number of thioether (sulfide) groups is 1. The Balaban J connectivity index is 1.51. The minimum absolute atomic E-state index is 0.0470. The second-order valence-corrected chi connectivity index (χ2v) is 8.91. The molecule has 1 aliphatic rings. The number of aryl methyl sites for hydroxylation is 1. The molecule has 4 nitrogen and oxygen atoms in total. The Morgan fingerprint density at radius 1 is 1.12 bits per heavy atom. The van der Waals surface area contributed by atoms with E-state index in [4.69, 9.17) is 0 Å². The molecule has 6 heteroatoms. The van der Waals surface area contributed by atoms with Gasteiger partial charge in [0.25, 0.3) is 0 Å². The summed E-state index contributed by atoms with van der Waals surface area (Å²) in [6, 6.07) is 22.1. The molecule has 0 bridgehead atoms. The topological polar surface area (TPSA) is 49.4 Å². The molecule has 1 saturated heterocycles. The van der Waals surface area contributed by atoms with Gasteiger partial charge in [-0.25, -0.2) is 4.39 Å². The van der Waals surface area contributed by atoms with E-state index >= 15 is 0 Å². The highest BCUT2D eigenvalue weighted by Gasteiger charge is 2.34. The Labute approximate surface area is 191 Å². The van der Waals surface area contributed by atoms with E-state index in [9.17, 15) is 14.0 Å². The SMILES string of the molecule is CCC(C(=O)Nc1ccc(C2SCC(=O)N2c2ccc(C)c(F)c2)cc1)c1ccccc1. The number of rotatable bonds is 6. The first-order valence-corrected chi connectivity index (χ1v) is 11.7. The number of anilines is 2. The van der Waals surface area contributed by atoms with E-state index < -0.39 is 0 Å². The van der Waals surface area contributed by atoms with Crippen LogP contribution in [0, 0.1) is 12.7 Å². The summed E-state index contributed by atoms with van der Waals surface area (Å²) in [6.45, 7) is 3.70. The fourth-order valence-corrected chi connectivity index (χ4v) is 5.08. The van der Waals surface area contributed by atoms with Crippen LogP contribution in [0.4, 0.5) is 15.8 Å². The largest absolute Gasteiger partial charge is 0.326 e. The molecule has 2 atom stereocenters. The highest BCUT2D eigenvalue weighted by Crippen LogP contribution is 2.42. The zero-order valence-electron chi connectivity index (χ0n) is 18.0. The maximum absolute atomic E-state index is 14.1. The standard InChI is InChI=1S/C26H25FN2O2S/c1-3-22(18-7-5-4-6-8-18)25(31)28-20-12-10-19(11-13-20)26-29(24(30)16-32-26)21-14-9-17(2)23(27)15-21/h4-15,22,26H,3,16H2,1-2H3,(H,28,31). The second-order valence-electron chi connectivity index (χ2n) is 7.84. The van der Waals surface area contributed by atoms with E-state index in [1.165, 1.54) is 17.8 Å². The predicted molar refractivity (Wildman–Crippen MR) is 128 cm³/mol. The van der Waals surface area contributed by atoms with Crippen LogP contribution in [0.25, 0.3) is 0 Å². The predicted octanol–water partition coefficient (Wildman–Crippen LogP) is 6.05. The molecule has 1 N–H and O–H groups in total. The maximum atomic E-state index is 14.1.